The lowest BCUT2D eigenvalue weighted by Gasteiger charge is -2.12. The number of nitrogens with two attached hydrogens (primary N) is 1. The molecule has 1 heterocycles. The molecule has 2 rings (SSSR count). The third-order valence-corrected chi connectivity index (χ3v) is 4.11. The van der Waals surface area contributed by atoms with Crippen molar-refractivity contribution < 1.29 is 8.42 Å². The van der Waals surface area contributed by atoms with Crippen LogP contribution in [-0.2, 0) is 10.0 Å². The number of nitrogens with zero attached hydrogens (tertiary/aromatic N) is 2. The summed E-state index contributed by atoms with van der Waals surface area (Å²) in [4.78, 5) is 0.0303. The van der Waals surface area contributed by atoms with Crippen molar-refractivity contribution in [3.63, 3.8) is 0 Å². The fourth-order valence-electron chi connectivity index (χ4n) is 1.74. The molecule has 2 aromatic rings. The zero-order valence-corrected chi connectivity index (χ0v) is 11.0. The molecule has 7 heteroatoms. The van der Waals surface area contributed by atoms with Crippen LogP contribution in [0.15, 0.2) is 41.4 Å². The van der Waals surface area contributed by atoms with Crippen LogP contribution in [0.3, 0.4) is 0 Å². The van der Waals surface area contributed by atoms with Crippen LogP contribution < -0.4 is 10.5 Å². The average Bonchev–Trinajstić information content (AvgIpc) is 2.86. The van der Waals surface area contributed by atoms with Gasteiger partial charge < -0.3 is 10.3 Å². The lowest BCUT2D eigenvalue weighted by molar-refractivity contribution is 0.587. The zero-order valence-electron chi connectivity index (χ0n) is 10.2. The maximum atomic E-state index is 12.0. The van der Waals surface area contributed by atoms with Crippen LogP contribution in [0.4, 0.5) is 5.69 Å². The first-order chi connectivity index (χ1) is 8.99. The van der Waals surface area contributed by atoms with Crippen LogP contribution in [0.25, 0.3) is 5.69 Å². The number of hydrogen-bond acceptors (Lipinski definition) is 4. The second-order valence-corrected chi connectivity index (χ2v) is 5.66. The first-order valence-electron chi connectivity index (χ1n) is 5.40. The highest BCUT2D eigenvalue weighted by Crippen LogP contribution is 2.24. The fraction of sp³-hybridized carbons (Fsp3) is 0.0833. The van der Waals surface area contributed by atoms with Crippen molar-refractivity contribution in [2.24, 2.45) is 0 Å². The highest BCUT2D eigenvalue weighted by Gasteiger charge is 2.19. The Bertz CT molecular complexity index is 756. The topological polar surface area (TPSA) is 101 Å². The van der Waals surface area contributed by atoms with Gasteiger partial charge in [-0.05, 0) is 37.4 Å². The molecule has 0 saturated heterocycles. The first kappa shape index (κ1) is 13.1. The smallest absolute Gasteiger partial charge is 0.242 e. The van der Waals surface area contributed by atoms with E-state index in [2.05, 4.69) is 4.72 Å². The van der Waals surface area contributed by atoms with Gasteiger partial charge in [-0.3, -0.25) is 0 Å². The molecule has 0 bridgehead atoms. The number of rotatable bonds is 3. The molecule has 0 amide bonds. The summed E-state index contributed by atoms with van der Waals surface area (Å²) in [6.07, 6.45) is 1.62. The van der Waals surface area contributed by atoms with Crippen LogP contribution >= 0.6 is 0 Å². The van der Waals surface area contributed by atoms with Gasteiger partial charge in [0.05, 0.1) is 5.69 Å². The maximum Gasteiger partial charge on any atom is 0.242 e. The van der Waals surface area contributed by atoms with Crippen LogP contribution in [0.5, 0.6) is 0 Å². The van der Waals surface area contributed by atoms with Crippen LogP contribution in [0, 0.1) is 11.3 Å². The molecule has 19 heavy (non-hydrogen) atoms. The number of aromatic nitrogens is 1. The van der Waals surface area contributed by atoms with Crippen molar-refractivity contribution in [3.8, 4) is 11.8 Å². The zero-order chi connectivity index (χ0) is 14.0. The molecule has 3 N–H and O–H groups in total. The molecule has 0 fully saturated rings. The van der Waals surface area contributed by atoms with E-state index in [-0.39, 0.29) is 4.90 Å². The van der Waals surface area contributed by atoms with Crippen LogP contribution in [0.2, 0.25) is 0 Å². The standard InChI is InChI=1S/C12H12N4O2S/c1-15-19(17,18)12-7-9(14)4-5-11(12)16-6-2-3-10(16)8-13/h2-7,15H,14H2,1H3. The molecule has 0 spiro atoms. The summed E-state index contributed by atoms with van der Waals surface area (Å²) < 4.78 is 27.8. The number of benzene rings is 1. The minimum absolute atomic E-state index is 0.0303. The predicted molar refractivity (Wildman–Crippen MR) is 71.1 cm³/mol. The largest absolute Gasteiger partial charge is 0.399 e. The van der Waals surface area contributed by atoms with Crippen LogP contribution in [-0.4, -0.2) is 20.0 Å². The van der Waals surface area contributed by atoms with Gasteiger partial charge in [0.15, 0.2) is 0 Å². The van der Waals surface area contributed by atoms with Gasteiger partial charge in [-0.1, -0.05) is 0 Å². The summed E-state index contributed by atoms with van der Waals surface area (Å²) in [6.45, 7) is 0. The second-order valence-electron chi connectivity index (χ2n) is 3.81. The van der Waals surface area contributed by atoms with Gasteiger partial charge in [0.2, 0.25) is 10.0 Å². The molecule has 6 nitrogen and oxygen atoms in total. The molecule has 0 aliphatic heterocycles. The van der Waals surface area contributed by atoms with Gasteiger partial charge in [-0.2, -0.15) is 5.26 Å². The normalized spacial score (nSPS) is 11.2. The van der Waals surface area contributed by atoms with E-state index in [1.54, 1.807) is 30.5 Å². The van der Waals surface area contributed by atoms with Gasteiger partial charge in [0, 0.05) is 11.9 Å². The summed E-state index contributed by atoms with van der Waals surface area (Å²) in [5, 5.41) is 9.01. The molecule has 0 radical (unpaired) electrons. The molecular weight excluding hydrogens is 264 g/mol. The maximum absolute atomic E-state index is 12.0. The molecule has 98 valence electrons. The Morgan fingerprint density at radius 2 is 2.11 bits per heavy atom. The Morgan fingerprint density at radius 3 is 2.74 bits per heavy atom. The van der Waals surface area contributed by atoms with Gasteiger partial charge in [0.1, 0.15) is 16.7 Å². The molecule has 1 aromatic heterocycles. The first-order valence-corrected chi connectivity index (χ1v) is 6.89. The lowest BCUT2D eigenvalue weighted by Crippen LogP contribution is -2.21. The van der Waals surface area contributed by atoms with Gasteiger partial charge in [0.25, 0.3) is 0 Å². The van der Waals surface area contributed by atoms with Crippen molar-refractivity contribution >= 4 is 15.7 Å². The number of nitrogen functional groups attached to an aromatic ring is 1. The van der Waals surface area contributed by atoms with Crippen molar-refractivity contribution in [2.45, 2.75) is 4.90 Å². The summed E-state index contributed by atoms with van der Waals surface area (Å²) in [5.74, 6) is 0. The van der Waals surface area contributed by atoms with E-state index in [0.29, 0.717) is 17.1 Å². The third kappa shape index (κ3) is 2.31. The predicted octanol–water partition coefficient (Wildman–Crippen LogP) is 0.839. The van der Waals surface area contributed by atoms with Crippen molar-refractivity contribution in [1.29, 1.82) is 5.26 Å². The highest BCUT2D eigenvalue weighted by atomic mass is 32.2. The van der Waals surface area contributed by atoms with E-state index in [4.69, 9.17) is 11.0 Å². The molecule has 0 saturated carbocycles. The SMILES string of the molecule is CNS(=O)(=O)c1cc(N)ccc1-n1cccc1C#N. The Kier molecular flexibility index (Phi) is 3.29. The van der Waals surface area contributed by atoms with E-state index < -0.39 is 10.0 Å². The Morgan fingerprint density at radius 1 is 1.37 bits per heavy atom. The highest BCUT2D eigenvalue weighted by molar-refractivity contribution is 7.89. The van der Waals surface area contributed by atoms with E-state index in [0.717, 1.165) is 0 Å². The van der Waals surface area contributed by atoms with E-state index in [1.165, 1.54) is 17.7 Å². The molecule has 0 unspecified atom stereocenters. The number of hydrogen-bond donors (Lipinski definition) is 2. The molecule has 0 atom stereocenters. The number of nitrogens with one attached hydrogen (secondary N) is 1. The minimum Gasteiger partial charge on any atom is -0.399 e. The summed E-state index contributed by atoms with van der Waals surface area (Å²) in [6, 6.07) is 9.80. The second kappa shape index (κ2) is 4.76. The lowest BCUT2D eigenvalue weighted by atomic mass is 10.2. The Balaban J connectivity index is 2.76. The van der Waals surface area contributed by atoms with Gasteiger partial charge in [-0.25, -0.2) is 13.1 Å². The monoisotopic (exact) mass is 276 g/mol. The minimum atomic E-state index is -3.66. The van der Waals surface area contributed by atoms with Gasteiger partial charge in [-0.15, -0.1) is 0 Å². The van der Waals surface area contributed by atoms with E-state index in [1.807, 2.05) is 6.07 Å². The quantitative estimate of drug-likeness (QED) is 0.811. The van der Waals surface area contributed by atoms with Crippen LogP contribution in [0.1, 0.15) is 5.69 Å². The summed E-state index contributed by atoms with van der Waals surface area (Å²) in [7, 11) is -2.34. The summed E-state index contributed by atoms with van der Waals surface area (Å²) >= 11 is 0. The van der Waals surface area contributed by atoms with E-state index in [9.17, 15) is 8.42 Å². The number of anilines is 1. The Labute approximate surface area is 111 Å². The van der Waals surface area contributed by atoms with Gasteiger partial charge >= 0.3 is 0 Å². The molecule has 0 aliphatic carbocycles. The number of nitriles is 1. The molecule has 0 aliphatic rings. The number of sulfonamides is 1. The van der Waals surface area contributed by atoms with Crippen molar-refractivity contribution in [1.82, 2.24) is 9.29 Å². The van der Waals surface area contributed by atoms with E-state index >= 15 is 0 Å². The Hall–Kier alpha value is -2.30. The third-order valence-electron chi connectivity index (χ3n) is 2.66. The fourth-order valence-corrected chi connectivity index (χ4v) is 2.69. The van der Waals surface area contributed by atoms with Crippen molar-refractivity contribution in [3.05, 3.63) is 42.2 Å². The molecule has 1 aromatic carbocycles. The summed E-state index contributed by atoms with van der Waals surface area (Å²) in [5.41, 5.74) is 6.70. The molecular formula is C12H12N4O2S. The van der Waals surface area contributed by atoms with Crippen molar-refractivity contribution in [2.75, 3.05) is 12.8 Å². The average molecular weight is 276 g/mol.